The molecule has 1 aromatic carbocycles. The highest BCUT2D eigenvalue weighted by Crippen LogP contribution is 2.31. The minimum absolute atomic E-state index is 0.0726. The molecule has 1 heterocycles. The summed E-state index contributed by atoms with van der Waals surface area (Å²) in [5.74, 6) is -0.342. The highest BCUT2D eigenvalue weighted by atomic mass is 32.2. The normalized spacial score (nSPS) is 14.1. The molecule has 0 amide bonds. The van der Waals surface area contributed by atoms with Crippen molar-refractivity contribution in [3.63, 3.8) is 0 Å². The molecule has 3 rings (SSSR count). The van der Waals surface area contributed by atoms with Gasteiger partial charge in [-0.2, -0.15) is 0 Å². The van der Waals surface area contributed by atoms with E-state index in [1.165, 1.54) is 48.1 Å². The second-order valence-electron chi connectivity index (χ2n) is 4.71. The Morgan fingerprint density at radius 1 is 1.38 bits per heavy atom. The maximum absolute atomic E-state index is 12.0. The van der Waals surface area contributed by atoms with Crippen LogP contribution in [0.2, 0.25) is 0 Å². The molecule has 1 fully saturated rings. The summed E-state index contributed by atoms with van der Waals surface area (Å²) in [4.78, 5) is 12.0. The standard InChI is InChI=1S/C13H13N3O3S2/c17-8-3-4-9(10(18)5-8)11(19)6-20-13-16-15-12(21-13)14-7-1-2-7/h3-5,7,17-18H,1-2,6H2,(H,14,15). The molecular weight excluding hydrogens is 310 g/mol. The van der Waals surface area contributed by atoms with Crippen molar-refractivity contribution in [3.8, 4) is 11.5 Å². The first-order chi connectivity index (χ1) is 10.1. The molecule has 0 spiro atoms. The smallest absolute Gasteiger partial charge is 0.206 e. The molecule has 2 aromatic rings. The second-order valence-corrected chi connectivity index (χ2v) is 6.91. The van der Waals surface area contributed by atoms with E-state index in [9.17, 15) is 15.0 Å². The lowest BCUT2D eigenvalue weighted by atomic mass is 10.1. The van der Waals surface area contributed by atoms with Gasteiger partial charge in [-0.05, 0) is 25.0 Å². The van der Waals surface area contributed by atoms with E-state index < -0.39 is 0 Å². The van der Waals surface area contributed by atoms with E-state index in [4.69, 9.17) is 0 Å². The number of rotatable bonds is 6. The van der Waals surface area contributed by atoms with Crippen LogP contribution in [0.5, 0.6) is 11.5 Å². The van der Waals surface area contributed by atoms with Gasteiger partial charge in [0.15, 0.2) is 10.1 Å². The summed E-state index contributed by atoms with van der Waals surface area (Å²) in [6.07, 6.45) is 2.33. The van der Waals surface area contributed by atoms with Crippen LogP contribution in [0.3, 0.4) is 0 Å². The Morgan fingerprint density at radius 3 is 2.90 bits per heavy atom. The van der Waals surface area contributed by atoms with Crippen LogP contribution < -0.4 is 5.32 Å². The van der Waals surface area contributed by atoms with E-state index in [1.54, 1.807) is 0 Å². The molecule has 1 aliphatic carbocycles. The fourth-order valence-electron chi connectivity index (χ4n) is 1.69. The summed E-state index contributed by atoms with van der Waals surface area (Å²) in [5, 5.41) is 30.9. The number of aromatic nitrogens is 2. The molecule has 0 bridgehead atoms. The van der Waals surface area contributed by atoms with Crippen molar-refractivity contribution in [3.05, 3.63) is 23.8 Å². The van der Waals surface area contributed by atoms with Gasteiger partial charge in [-0.3, -0.25) is 4.79 Å². The van der Waals surface area contributed by atoms with Gasteiger partial charge in [-0.1, -0.05) is 23.1 Å². The molecule has 6 nitrogen and oxygen atoms in total. The molecular formula is C13H13N3O3S2. The van der Waals surface area contributed by atoms with Crippen LogP contribution in [0.25, 0.3) is 0 Å². The zero-order valence-corrected chi connectivity index (χ0v) is 12.6. The van der Waals surface area contributed by atoms with Crippen molar-refractivity contribution in [1.82, 2.24) is 10.2 Å². The summed E-state index contributed by atoms with van der Waals surface area (Å²) >= 11 is 2.71. The molecule has 0 radical (unpaired) electrons. The minimum atomic E-state index is -0.218. The van der Waals surface area contributed by atoms with Gasteiger partial charge < -0.3 is 15.5 Å². The van der Waals surface area contributed by atoms with Crippen molar-refractivity contribution < 1.29 is 15.0 Å². The summed E-state index contributed by atoms with van der Waals surface area (Å²) < 4.78 is 0.713. The Kier molecular flexibility index (Phi) is 3.98. The first-order valence-corrected chi connectivity index (χ1v) is 8.20. The summed E-state index contributed by atoms with van der Waals surface area (Å²) in [6, 6.07) is 4.46. The number of hydrogen-bond acceptors (Lipinski definition) is 8. The fourth-order valence-corrected chi connectivity index (χ4v) is 3.40. The summed E-state index contributed by atoms with van der Waals surface area (Å²) in [7, 11) is 0. The van der Waals surface area contributed by atoms with Crippen LogP contribution in [-0.4, -0.2) is 38.0 Å². The molecule has 0 aliphatic heterocycles. The monoisotopic (exact) mass is 323 g/mol. The number of phenolic OH excluding ortho intramolecular Hbond substituents is 2. The number of Topliss-reactive ketones (excluding diaryl/α,β-unsaturated/α-hetero) is 1. The predicted octanol–water partition coefficient (Wildman–Crippen LogP) is 2.50. The van der Waals surface area contributed by atoms with Gasteiger partial charge in [0, 0.05) is 12.1 Å². The lowest BCUT2D eigenvalue weighted by molar-refractivity contribution is 0.102. The van der Waals surface area contributed by atoms with Crippen LogP contribution in [0.4, 0.5) is 5.13 Å². The Labute approximate surface area is 129 Å². The third kappa shape index (κ3) is 3.64. The number of phenols is 2. The average molecular weight is 323 g/mol. The van der Waals surface area contributed by atoms with Crippen LogP contribution in [0.1, 0.15) is 23.2 Å². The van der Waals surface area contributed by atoms with Gasteiger partial charge in [-0.25, -0.2) is 0 Å². The van der Waals surface area contributed by atoms with Gasteiger partial charge in [0.1, 0.15) is 11.5 Å². The van der Waals surface area contributed by atoms with E-state index in [-0.39, 0.29) is 28.6 Å². The van der Waals surface area contributed by atoms with E-state index in [1.807, 2.05) is 0 Å². The number of ketones is 1. The zero-order chi connectivity index (χ0) is 14.8. The van der Waals surface area contributed by atoms with Crippen molar-refractivity contribution in [2.75, 3.05) is 11.1 Å². The maximum atomic E-state index is 12.0. The average Bonchev–Trinajstić information content (AvgIpc) is 3.13. The van der Waals surface area contributed by atoms with E-state index in [0.717, 1.165) is 11.2 Å². The second kappa shape index (κ2) is 5.90. The molecule has 0 atom stereocenters. The maximum Gasteiger partial charge on any atom is 0.206 e. The molecule has 0 unspecified atom stereocenters. The summed E-state index contributed by atoms with van der Waals surface area (Å²) in [5.41, 5.74) is 0.196. The van der Waals surface area contributed by atoms with Crippen molar-refractivity contribution in [2.24, 2.45) is 0 Å². The highest BCUT2D eigenvalue weighted by Gasteiger charge is 2.22. The number of aromatic hydroxyl groups is 2. The van der Waals surface area contributed by atoms with Crippen LogP contribution in [0, 0.1) is 0 Å². The van der Waals surface area contributed by atoms with Crippen LogP contribution >= 0.6 is 23.1 Å². The van der Waals surface area contributed by atoms with Gasteiger partial charge in [0.05, 0.1) is 11.3 Å². The quantitative estimate of drug-likeness (QED) is 0.555. The van der Waals surface area contributed by atoms with Gasteiger partial charge in [0.2, 0.25) is 5.13 Å². The molecule has 1 aliphatic rings. The molecule has 3 N–H and O–H groups in total. The lowest BCUT2D eigenvalue weighted by Crippen LogP contribution is -2.02. The number of anilines is 1. The first kappa shape index (κ1) is 14.2. The highest BCUT2D eigenvalue weighted by molar-refractivity contribution is 8.01. The summed E-state index contributed by atoms with van der Waals surface area (Å²) in [6.45, 7) is 0. The predicted molar refractivity (Wildman–Crippen MR) is 81.4 cm³/mol. The Hall–Kier alpha value is -1.80. The number of carbonyl (C=O) groups is 1. The van der Waals surface area contributed by atoms with Crippen molar-refractivity contribution in [1.29, 1.82) is 0 Å². The molecule has 110 valence electrons. The van der Waals surface area contributed by atoms with Crippen LogP contribution in [0.15, 0.2) is 22.5 Å². The first-order valence-electron chi connectivity index (χ1n) is 6.40. The number of benzene rings is 1. The largest absolute Gasteiger partial charge is 0.508 e. The van der Waals surface area contributed by atoms with Crippen molar-refractivity contribution in [2.45, 2.75) is 23.2 Å². The lowest BCUT2D eigenvalue weighted by Gasteiger charge is -2.03. The topological polar surface area (TPSA) is 95.3 Å². The fraction of sp³-hybridized carbons (Fsp3) is 0.308. The third-order valence-electron chi connectivity index (χ3n) is 2.92. The van der Waals surface area contributed by atoms with E-state index >= 15 is 0 Å². The minimum Gasteiger partial charge on any atom is -0.508 e. The Morgan fingerprint density at radius 2 is 2.19 bits per heavy atom. The van der Waals surface area contributed by atoms with E-state index in [0.29, 0.717) is 10.4 Å². The van der Waals surface area contributed by atoms with Gasteiger partial charge >= 0.3 is 0 Å². The zero-order valence-electron chi connectivity index (χ0n) is 10.9. The molecule has 21 heavy (non-hydrogen) atoms. The Bertz CT molecular complexity index is 670. The molecule has 8 heteroatoms. The number of hydrogen-bond donors (Lipinski definition) is 3. The van der Waals surface area contributed by atoms with E-state index in [2.05, 4.69) is 15.5 Å². The van der Waals surface area contributed by atoms with Gasteiger partial charge in [0.25, 0.3) is 0 Å². The van der Waals surface area contributed by atoms with Crippen molar-refractivity contribution >= 4 is 34.0 Å². The number of nitrogens with one attached hydrogen (secondary N) is 1. The number of nitrogens with zero attached hydrogens (tertiary/aromatic N) is 2. The van der Waals surface area contributed by atoms with Crippen LogP contribution in [-0.2, 0) is 0 Å². The molecule has 1 saturated carbocycles. The SMILES string of the molecule is O=C(CSc1nnc(NC2CC2)s1)c1ccc(O)cc1O. The molecule has 1 aromatic heterocycles. The Balaban J connectivity index is 1.58. The number of carbonyl (C=O) groups excluding carboxylic acids is 1. The molecule has 0 saturated heterocycles. The third-order valence-corrected chi connectivity index (χ3v) is 4.91. The number of thioether (sulfide) groups is 1. The van der Waals surface area contributed by atoms with Gasteiger partial charge in [-0.15, -0.1) is 10.2 Å².